The first-order chi connectivity index (χ1) is 8.74. The minimum Gasteiger partial charge on any atom is -0.350 e. The second-order valence-electron chi connectivity index (χ2n) is 4.55. The molecule has 4 nitrogen and oxygen atoms in total. The highest BCUT2D eigenvalue weighted by atomic mass is 35.5. The molecule has 1 aromatic heterocycles. The van der Waals surface area contributed by atoms with Crippen molar-refractivity contribution in [1.29, 1.82) is 0 Å². The number of fused-ring (bicyclic) bond motifs is 1. The van der Waals surface area contributed by atoms with Crippen LogP contribution in [0.1, 0.15) is 16.9 Å². The maximum atomic E-state index is 12.1. The van der Waals surface area contributed by atoms with Gasteiger partial charge in [-0.3, -0.25) is 4.79 Å². The molecule has 18 heavy (non-hydrogen) atoms. The van der Waals surface area contributed by atoms with Crippen molar-refractivity contribution in [2.24, 2.45) is 0 Å². The Bertz CT molecular complexity index is 587. The van der Waals surface area contributed by atoms with E-state index in [2.05, 4.69) is 15.6 Å². The number of hydrogen-bond donors (Lipinski definition) is 3. The van der Waals surface area contributed by atoms with E-state index in [-0.39, 0.29) is 11.9 Å². The molecule has 0 radical (unpaired) electrons. The molecule has 1 fully saturated rings. The van der Waals surface area contributed by atoms with Gasteiger partial charge in [-0.1, -0.05) is 17.7 Å². The van der Waals surface area contributed by atoms with E-state index in [1.807, 2.05) is 18.2 Å². The van der Waals surface area contributed by atoms with Gasteiger partial charge < -0.3 is 15.6 Å². The van der Waals surface area contributed by atoms with Crippen molar-refractivity contribution in [3.8, 4) is 0 Å². The summed E-state index contributed by atoms with van der Waals surface area (Å²) in [6.45, 7) is 1.80. The summed E-state index contributed by atoms with van der Waals surface area (Å²) in [7, 11) is 0. The molecule has 1 aromatic carbocycles. The number of hydrogen-bond acceptors (Lipinski definition) is 2. The molecule has 1 aliphatic rings. The molecule has 3 rings (SSSR count). The van der Waals surface area contributed by atoms with Crippen molar-refractivity contribution in [3.63, 3.8) is 0 Å². The third-order valence-electron chi connectivity index (χ3n) is 3.25. The van der Waals surface area contributed by atoms with Crippen molar-refractivity contribution < 1.29 is 4.79 Å². The molecular formula is C13H14ClN3O. The topological polar surface area (TPSA) is 56.9 Å². The Morgan fingerprint density at radius 3 is 3.06 bits per heavy atom. The predicted molar refractivity (Wildman–Crippen MR) is 72.0 cm³/mol. The number of halogens is 1. The average Bonchev–Trinajstić information content (AvgIpc) is 2.97. The van der Waals surface area contributed by atoms with Crippen LogP contribution in [0.2, 0.25) is 5.02 Å². The summed E-state index contributed by atoms with van der Waals surface area (Å²) in [5, 5.41) is 7.76. The second kappa shape index (κ2) is 4.63. The van der Waals surface area contributed by atoms with Crippen LogP contribution in [0.15, 0.2) is 24.3 Å². The SMILES string of the molecule is O=C(N[C@@H]1CCNC1)c1cc2c(Cl)cccc2[nH]1. The van der Waals surface area contributed by atoms with Crippen molar-refractivity contribution in [2.45, 2.75) is 12.5 Å². The zero-order valence-electron chi connectivity index (χ0n) is 9.79. The lowest BCUT2D eigenvalue weighted by atomic mass is 10.2. The van der Waals surface area contributed by atoms with Crippen LogP contribution in [0.5, 0.6) is 0 Å². The van der Waals surface area contributed by atoms with Gasteiger partial charge in [-0.15, -0.1) is 0 Å². The van der Waals surface area contributed by atoms with Crippen LogP contribution < -0.4 is 10.6 Å². The Kier molecular flexibility index (Phi) is 2.97. The summed E-state index contributed by atoms with van der Waals surface area (Å²) in [6.07, 6.45) is 0.979. The van der Waals surface area contributed by atoms with Gasteiger partial charge in [-0.25, -0.2) is 0 Å². The highest BCUT2D eigenvalue weighted by Crippen LogP contribution is 2.23. The molecule has 1 saturated heterocycles. The number of aromatic nitrogens is 1. The van der Waals surface area contributed by atoms with Crippen LogP contribution in [-0.2, 0) is 0 Å². The monoisotopic (exact) mass is 263 g/mol. The highest BCUT2D eigenvalue weighted by molar-refractivity contribution is 6.35. The first-order valence-corrected chi connectivity index (χ1v) is 6.40. The lowest BCUT2D eigenvalue weighted by molar-refractivity contribution is 0.0936. The highest BCUT2D eigenvalue weighted by Gasteiger charge is 2.18. The lowest BCUT2D eigenvalue weighted by Gasteiger charge is -2.09. The normalized spacial score (nSPS) is 19.3. The second-order valence-corrected chi connectivity index (χ2v) is 4.95. The van der Waals surface area contributed by atoms with Gasteiger partial charge >= 0.3 is 0 Å². The number of rotatable bonds is 2. The third kappa shape index (κ3) is 2.09. The zero-order valence-corrected chi connectivity index (χ0v) is 10.6. The van der Waals surface area contributed by atoms with Crippen LogP contribution >= 0.6 is 11.6 Å². The molecule has 1 amide bonds. The summed E-state index contributed by atoms with van der Waals surface area (Å²) in [5.74, 6) is -0.0732. The molecular weight excluding hydrogens is 250 g/mol. The number of aromatic amines is 1. The summed E-state index contributed by atoms with van der Waals surface area (Å²) in [5.41, 5.74) is 1.45. The van der Waals surface area contributed by atoms with Gasteiger partial charge in [0, 0.05) is 28.5 Å². The quantitative estimate of drug-likeness (QED) is 0.775. The van der Waals surface area contributed by atoms with E-state index in [0.717, 1.165) is 30.4 Å². The van der Waals surface area contributed by atoms with E-state index in [4.69, 9.17) is 11.6 Å². The van der Waals surface area contributed by atoms with Gasteiger partial charge in [-0.2, -0.15) is 0 Å². The molecule has 0 unspecified atom stereocenters. The Morgan fingerprint density at radius 2 is 2.33 bits per heavy atom. The largest absolute Gasteiger partial charge is 0.350 e. The van der Waals surface area contributed by atoms with Crippen LogP contribution in [0, 0.1) is 0 Å². The Hall–Kier alpha value is -1.52. The van der Waals surface area contributed by atoms with Gasteiger partial charge in [0.25, 0.3) is 5.91 Å². The van der Waals surface area contributed by atoms with E-state index in [0.29, 0.717) is 10.7 Å². The smallest absolute Gasteiger partial charge is 0.267 e. The number of H-pyrrole nitrogens is 1. The number of carbonyl (C=O) groups excluding carboxylic acids is 1. The molecule has 0 aliphatic carbocycles. The lowest BCUT2D eigenvalue weighted by Crippen LogP contribution is -2.36. The summed E-state index contributed by atoms with van der Waals surface area (Å²) >= 11 is 6.08. The first-order valence-electron chi connectivity index (χ1n) is 6.03. The Balaban J connectivity index is 1.85. The van der Waals surface area contributed by atoms with E-state index in [1.165, 1.54) is 0 Å². The molecule has 1 aliphatic heterocycles. The van der Waals surface area contributed by atoms with Gasteiger partial charge in [0.05, 0.1) is 0 Å². The van der Waals surface area contributed by atoms with Crippen molar-refractivity contribution in [2.75, 3.05) is 13.1 Å². The molecule has 5 heteroatoms. The fourth-order valence-electron chi connectivity index (χ4n) is 2.28. The number of amides is 1. The van der Waals surface area contributed by atoms with E-state index in [9.17, 15) is 4.79 Å². The van der Waals surface area contributed by atoms with Crippen LogP contribution in [0.4, 0.5) is 0 Å². The van der Waals surface area contributed by atoms with Crippen LogP contribution in [0.25, 0.3) is 10.9 Å². The molecule has 94 valence electrons. The van der Waals surface area contributed by atoms with Crippen LogP contribution in [0.3, 0.4) is 0 Å². The third-order valence-corrected chi connectivity index (χ3v) is 3.58. The van der Waals surface area contributed by atoms with E-state index < -0.39 is 0 Å². The standard InChI is InChI=1S/C13H14ClN3O/c14-10-2-1-3-11-9(10)6-12(17-11)13(18)16-8-4-5-15-7-8/h1-3,6,8,15,17H,4-5,7H2,(H,16,18)/t8-/m1/s1. The fourth-order valence-corrected chi connectivity index (χ4v) is 2.51. The minimum absolute atomic E-state index is 0.0732. The van der Waals surface area contributed by atoms with E-state index >= 15 is 0 Å². The molecule has 3 N–H and O–H groups in total. The zero-order chi connectivity index (χ0) is 12.5. The average molecular weight is 264 g/mol. The molecule has 0 spiro atoms. The number of nitrogens with one attached hydrogen (secondary N) is 3. The van der Waals surface area contributed by atoms with Gasteiger partial charge in [0.15, 0.2) is 0 Å². The summed E-state index contributed by atoms with van der Waals surface area (Å²) in [4.78, 5) is 15.2. The van der Waals surface area contributed by atoms with Gasteiger partial charge in [0.2, 0.25) is 0 Å². The molecule has 1 atom stereocenters. The Labute approximate surface area is 110 Å². The first kappa shape index (κ1) is 11.6. The fraction of sp³-hybridized carbons (Fsp3) is 0.308. The van der Waals surface area contributed by atoms with Gasteiger partial charge in [-0.05, 0) is 31.2 Å². The summed E-state index contributed by atoms with van der Waals surface area (Å²) < 4.78 is 0. The maximum Gasteiger partial charge on any atom is 0.267 e. The minimum atomic E-state index is -0.0732. The van der Waals surface area contributed by atoms with E-state index in [1.54, 1.807) is 6.07 Å². The Morgan fingerprint density at radius 1 is 1.44 bits per heavy atom. The van der Waals surface area contributed by atoms with Crippen molar-refractivity contribution in [3.05, 3.63) is 35.0 Å². The molecule has 2 heterocycles. The van der Waals surface area contributed by atoms with Crippen LogP contribution in [-0.4, -0.2) is 30.0 Å². The molecule has 2 aromatic rings. The van der Waals surface area contributed by atoms with Gasteiger partial charge in [0.1, 0.15) is 5.69 Å². The maximum absolute atomic E-state index is 12.1. The van der Waals surface area contributed by atoms with Crippen molar-refractivity contribution >= 4 is 28.4 Å². The molecule has 0 bridgehead atoms. The van der Waals surface area contributed by atoms with Crippen molar-refractivity contribution in [1.82, 2.24) is 15.6 Å². The summed E-state index contributed by atoms with van der Waals surface area (Å²) in [6, 6.07) is 7.62. The molecule has 0 saturated carbocycles. The predicted octanol–water partition coefficient (Wildman–Crippen LogP) is 1.91. The number of carbonyl (C=O) groups is 1. The number of benzene rings is 1.